The van der Waals surface area contributed by atoms with E-state index in [0.29, 0.717) is 5.02 Å². The van der Waals surface area contributed by atoms with E-state index in [2.05, 4.69) is 21.8 Å². The largest absolute Gasteiger partial charge is 0.496 e. The number of hydrogen-bond donors (Lipinski definition) is 1. The third kappa shape index (κ3) is 2.97. The first-order valence-electron chi connectivity index (χ1n) is 6.73. The van der Waals surface area contributed by atoms with E-state index in [-0.39, 0.29) is 6.04 Å². The van der Waals surface area contributed by atoms with Gasteiger partial charge in [-0.05, 0) is 31.7 Å². The van der Waals surface area contributed by atoms with Gasteiger partial charge in [-0.15, -0.1) is 0 Å². The van der Waals surface area contributed by atoms with Crippen LogP contribution in [0.4, 0.5) is 0 Å². The molecule has 20 heavy (non-hydrogen) atoms. The molecule has 1 aromatic carbocycles. The Kier molecular flexibility index (Phi) is 5.04. The fraction of sp³-hybridized carbons (Fsp3) is 0.400. The molecule has 1 N–H and O–H groups in total. The molecule has 1 unspecified atom stereocenters. The average molecular weight is 294 g/mol. The Morgan fingerprint density at radius 2 is 2.25 bits per heavy atom. The van der Waals surface area contributed by atoms with Gasteiger partial charge in [0.1, 0.15) is 11.6 Å². The van der Waals surface area contributed by atoms with Gasteiger partial charge < -0.3 is 14.6 Å². The van der Waals surface area contributed by atoms with E-state index in [1.165, 1.54) is 0 Å². The lowest BCUT2D eigenvalue weighted by molar-refractivity contribution is 0.403. The molecule has 0 aliphatic carbocycles. The van der Waals surface area contributed by atoms with Crippen LogP contribution < -0.4 is 10.1 Å². The fourth-order valence-electron chi connectivity index (χ4n) is 2.37. The molecule has 0 fully saturated rings. The molecule has 1 heterocycles. The summed E-state index contributed by atoms with van der Waals surface area (Å²) in [6.07, 6.45) is 4.89. The predicted molar refractivity (Wildman–Crippen MR) is 81.4 cm³/mol. The minimum atomic E-state index is -0.0507. The molecule has 0 amide bonds. The first kappa shape index (κ1) is 14.9. The second kappa shape index (κ2) is 6.77. The Bertz CT molecular complexity index is 568. The minimum absolute atomic E-state index is 0.0507. The molecule has 0 aliphatic heterocycles. The van der Waals surface area contributed by atoms with Gasteiger partial charge in [0.15, 0.2) is 0 Å². The minimum Gasteiger partial charge on any atom is -0.496 e. The zero-order chi connectivity index (χ0) is 14.5. The van der Waals surface area contributed by atoms with Gasteiger partial charge in [0, 0.05) is 29.5 Å². The first-order valence-corrected chi connectivity index (χ1v) is 7.10. The molecule has 0 aliphatic rings. The lowest BCUT2D eigenvalue weighted by Crippen LogP contribution is -2.22. The Labute approximate surface area is 124 Å². The Morgan fingerprint density at radius 1 is 1.45 bits per heavy atom. The van der Waals surface area contributed by atoms with Gasteiger partial charge in [-0.25, -0.2) is 4.98 Å². The zero-order valence-electron chi connectivity index (χ0n) is 12.1. The van der Waals surface area contributed by atoms with Crippen LogP contribution in [-0.4, -0.2) is 23.7 Å². The van der Waals surface area contributed by atoms with Crippen LogP contribution in [0.15, 0.2) is 30.6 Å². The lowest BCUT2D eigenvalue weighted by atomic mass is 10.0. The van der Waals surface area contributed by atoms with E-state index in [0.717, 1.165) is 30.1 Å². The summed E-state index contributed by atoms with van der Waals surface area (Å²) in [7, 11) is 3.58. The van der Waals surface area contributed by atoms with Crippen LogP contribution >= 0.6 is 11.6 Å². The van der Waals surface area contributed by atoms with Gasteiger partial charge in [0.2, 0.25) is 0 Å². The summed E-state index contributed by atoms with van der Waals surface area (Å²) in [6.45, 7) is 3.09. The molecule has 4 nitrogen and oxygen atoms in total. The third-order valence-electron chi connectivity index (χ3n) is 3.26. The highest BCUT2D eigenvalue weighted by atomic mass is 35.5. The second-order valence-electron chi connectivity index (χ2n) is 4.59. The predicted octanol–water partition coefficient (Wildman–Crippen LogP) is 3.26. The van der Waals surface area contributed by atoms with Crippen molar-refractivity contribution >= 4 is 11.6 Å². The van der Waals surface area contributed by atoms with E-state index in [9.17, 15) is 0 Å². The van der Waals surface area contributed by atoms with Crippen LogP contribution in [-0.2, 0) is 6.54 Å². The van der Waals surface area contributed by atoms with Crippen LogP contribution in [0, 0.1) is 0 Å². The van der Waals surface area contributed by atoms with Crippen molar-refractivity contribution in [2.24, 2.45) is 0 Å². The summed E-state index contributed by atoms with van der Waals surface area (Å²) in [4.78, 5) is 4.49. The normalized spacial score (nSPS) is 12.4. The van der Waals surface area contributed by atoms with Crippen molar-refractivity contribution < 1.29 is 4.74 Å². The van der Waals surface area contributed by atoms with Crippen molar-refractivity contribution in [3.05, 3.63) is 47.0 Å². The first-order chi connectivity index (χ1) is 9.71. The molecule has 5 heteroatoms. The van der Waals surface area contributed by atoms with E-state index in [1.807, 2.05) is 37.6 Å². The quantitative estimate of drug-likeness (QED) is 0.888. The maximum atomic E-state index is 6.13. The van der Waals surface area contributed by atoms with E-state index < -0.39 is 0 Å². The number of aromatic nitrogens is 2. The molecule has 108 valence electrons. The van der Waals surface area contributed by atoms with E-state index in [1.54, 1.807) is 7.11 Å². The van der Waals surface area contributed by atoms with Crippen molar-refractivity contribution in [2.75, 3.05) is 14.2 Å². The van der Waals surface area contributed by atoms with E-state index in [4.69, 9.17) is 16.3 Å². The molecule has 0 saturated carbocycles. The van der Waals surface area contributed by atoms with Crippen LogP contribution in [0.2, 0.25) is 5.02 Å². The number of methoxy groups -OCH3 is 1. The Balaban J connectivity index is 2.46. The number of nitrogens with one attached hydrogen (secondary N) is 1. The number of imidazole rings is 1. The van der Waals surface area contributed by atoms with Crippen LogP contribution in [0.25, 0.3) is 0 Å². The highest BCUT2D eigenvalue weighted by molar-refractivity contribution is 6.30. The van der Waals surface area contributed by atoms with Gasteiger partial charge in [0.25, 0.3) is 0 Å². The van der Waals surface area contributed by atoms with Gasteiger partial charge >= 0.3 is 0 Å². The number of aryl methyl sites for hydroxylation is 1. The Morgan fingerprint density at radius 3 is 2.90 bits per heavy atom. The molecular weight excluding hydrogens is 274 g/mol. The summed E-state index contributed by atoms with van der Waals surface area (Å²) in [5.74, 6) is 1.77. The average Bonchev–Trinajstić information content (AvgIpc) is 2.89. The fourth-order valence-corrected chi connectivity index (χ4v) is 2.55. The van der Waals surface area contributed by atoms with Gasteiger partial charge in [-0.2, -0.15) is 0 Å². The summed E-state index contributed by atoms with van der Waals surface area (Å²) in [5.41, 5.74) is 0.992. The zero-order valence-corrected chi connectivity index (χ0v) is 12.8. The molecular formula is C15H20ClN3O. The highest BCUT2D eigenvalue weighted by Crippen LogP contribution is 2.31. The molecule has 1 atom stereocenters. The number of nitrogens with zero attached hydrogens (tertiary/aromatic N) is 2. The number of halogens is 1. The van der Waals surface area contributed by atoms with Gasteiger partial charge in [0.05, 0.1) is 13.2 Å². The SMILES string of the molecule is CCCn1ccnc1C(NC)c1cc(Cl)ccc1OC. The molecule has 0 radical (unpaired) electrons. The van der Waals surface area contributed by atoms with Gasteiger partial charge in [-0.1, -0.05) is 18.5 Å². The number of ether oxygens (including phenoxy) is 1. The second-order valence-corrected chi connectivity index (χ2v) is 5.02. The summed E-state index contributed by atoms with van der Waals surface area (Å²) in [5, 5.41) is 3.99. The summed E-state index contributed by atoms with van der Waals surface area (Å²) in [6, 6.07) is 5.58. The Hall–Kier alpha value is -1.52. The lowest BCUT2D eigenvalue weighted by Gasteiger charge is -2.20. The maximum Gasteiger partial charge on any atom is 0.130 e. The van der Waals surface area contributed by atoms with Crippen molar-refractivity contribution in [3.63, 3.8) is 0 Å². The molecule has 0 saturated heterocycles. The standard InChI is InChI=1S/C15H20ClN3O/c1-4-8-19-9-7-18-15(19)14(17-2)12-10-11(16)5-6-13(12)20-3/h5-7,9-10,14,17H,4,8H2,1-3H3. The smallest absolute Gasteiger partial charge is 0.130 e. The number of rotatable bonds is 6. The number of benzene rings is 1. The molecule has 0 bridgehead atoms. The monoisotopic (exact) mass is 293 g/mol. The van der Waals surface area contributed by atoms with Crippen molar-refractivity contribution in [2.45, 2.75) is 25.9 Å². The van der Waals surface area contributed by atoms with Crippen molar-refractivity contribution in [1.82, 2.24) is 14.9 Å². The van der Waals surface area contributed by atoms with Crippen molar-refractivity contribution in [1.29, 1.82) is 0 Å². The topological polar surface area (TPSA) is 39.1 Å². The molecule has 0 spiro atoms. The molecule has 2 rings (SSSR count). The van der Waals surface area contributed by atoms with E-state index >= 15 is 0 Å². The number of hydrogen-bond acceptors (Lipinski definition) is 3. The molecule has 1 aromatic heterocycles. The summed E-state index contributed by atoms with van der Waals surface area (Å²) >= 11 is 6.13. The maximum absolute atomic E-state index is 6.13. The van der Waals surface area contributed by atoms with Crippen LogP contribution in [0.5, 0.6) is 5.75 Å². The highest BCUT2D eigenvalue weighted by Gasteiger charge is 2.21. The summed E-state index contributed by atoms with van der Waals surface area (Å²) < 4.78 is 7.60. The van der Waals surface area contributed by atoms with Gasteiger partial charge in [-0.3, -0.25) is 0 Å². The van der Waals surface area contributed by atoms with Crippen LogP contribution in [0.1, 0.15) is 30.8 Å². The van der Waals surface area contributed by atoms with Crippen molar-refractivity contribution in [3.8, 4) is 5.75 Å². The molecule has 2 aromatic rings. The third-order valence-corrected chi connectivity index (χ3v) is 3.50. The van der Waals surface area contributed by atoms with Crippen LogP contribution in [0.3, 0.4) is 0 Å².